The predicted molar refractivity (Wildman–Crippen MR) is 93.6 cm³/mol. The summed E-state index contributed by atoms with van der Waals surface area (Å²) < 4.78 is 12.3. The smallest absolute Gasteiger partial charge is 0.138 e. The van der Waals surface area contributed by atoms with E-state index in [1.807, 2.05) is 17.8 Å². The number of nitrogens with one attached hydrogen (secondary N) is 1. The van der Waals surface area contributed by atoms with Crippen molar-refractivity contribution in [2.75, 3.05) is 26.5 Å². The van der Waals surface area contributed by atoms with Gasteiger partial charge in [-0.3, -0.25) is 0 Å². The van der Waals surface area contributed by atoms with Crippen LogP contribution in [-0.2, 0) is 5.75 Å². The zero-order valence-corrected chi connectivity index (χ0v) is 15.6. The van der Waals surface area contributed by atoms with Crippen LogP contribution >= 0.6 is 27.7 Å². The van der Waals surface area contributed by atoms with Crippen molar-refractivity contribution in [2.45, 2.75) is 32.1 Å². The molecule has 21 heavy (non-hydrogen) atoms. The van der Waals surface area contributed by atoms with E-state index < -0.39 is 0 Å². The lowest BCUT2D eigenvalue weighted by Gasteiger charge is -2.27. The highest BCUT2D eigenvalue weighted by molar-refractivity contribution is 9.10. The molecule has 1 N–H and O–H groups in total. The average Bonchev–Trinajstić information content (AvgIpc) is 2.64. The quantitative estimate of drug-likeness (QED) is 0.828. The van der Waals surface area contributed by atoms with E-state index >= 15 is 0 Å². The van der Waals surface area contributed by atoms with E-state index in [-0.39, 0.29) is 0 Å². The second kappa shape index (κ2) is 7.75. The molecule has 0 saturated carbocycles. The number of hydrogen-bond acceptors (Lipinski definition) is 4. The molecule has 0 aliphatic carbocycles. The van der Waals surface area contributed by atoms with Crippen LogP contribution in [0.5, 0.6) is 11.5 Å². The summed E-state index contributed by atoms with van der Waals surface area (Å²) in [5, 5.41) is 3.70. The van der Waals surface area contributed by atoms with Gasteiger partial charge in [0, 0.05) is 22.9 Å². The molecule has 0 radical (unpaired) electrons. The first-order valence-electron chi connectivity index (χ1n) is 7.38. The molecular formula is C16H24BrNO2S. The van der Waals surface area contributed by atoms with Crippen LogP contribution in [0.1, 0.15) is 37.4 Å². The standard InChI is InChI=1S/C16H24BrNO2S/c1-5-6-18-15-10(2)8-21-9-11-13(19-3)7-12(17)16(20-4)14(11)15/h7,10,15,18H,5-6,8-9H2,1-4H3. The highest BCUT2D eigenvalue weighted by Gasteiger charge is 2.31. The number of benzene rings is 1. The normalized spacial score (nSPS) is 21.6. The molecular weight excluding hydrogens is 350 g/mol. The van der Waals surface area contributed by atoms with Gasteiger partial charge >= 0.3 is 0 Å². The van der Waals surface area contributed by atoms with Crippen LogP contribution in [0.15, 0.2) is 10.5 Å². The van der Waals surface area contributed by atoms with Crippen molar-refractivity contribution in [3.05, 3.63) is 21.7 Å². The Morgan fingerprint density at radius 1 is 1.38 bits per heavy atom. The van der Waals surface area contributed by atoms with Gasteiger partial charge in [-0.25, -0.2) is 0 Å². The molecule has 0 saturated heterocycles. The summed E-state index contributed by atoms with van der Waals surface area (Å²) in [7, 11) is 3.48. The fourth-order valence-corrected chi connectivity index (χ4v) is 4.63. The lowest BCUT2D eigenvalue weighted by atomic mass is 9.91. The summed E-state index contributed by atoms with van der Waals surface area (Å²) in [6, 6.07) is 2.32. The molecule has 0 spiro atoms. The maximum atomic E-state index is 5.71. The topological polar surface area (TPSA) is 30.5 Å². The third kappa shape index (κ3) is 3.51. The molecule has 2 atom stereocenters. The first kappa shape index (κ1) is 17.0. The Hall–Kier alpha value is -0.390. The molecule has 0 amide bonds. The maximum Gasteiger partial charge on any atom is 0.138 e. The lowest BCUT2D eigenvalue weighted by molar-refractivity contribution is 0.364. The zero-order valence-electron chi connectivity index (χ0n) is 13.2. The van der Waals surface area contributed by atoms with Crippen LogP contribution in [0.2, 0.25) is 0 Å². The Morgan fingerprint density at radius 2 is 2.14 bits per heavy atom. The van der Waals surface area contributed by atoms with Gasteiger partial charge in [0.2, 0.25) is 0 Å². The Morgan fingerprint density at radius 3 is 2.76 bits per heavy atom. The van der Waals surface area contributed by atoms with Crippen molar-refractivity contribution in [1.82, 2.24) is 5.32 Å². The summed E-state index contributed by atoms with van der Waals surface area (Å²) in [5.41, 5.74) is 2.52. The van der Waals surface area contributed by atoms with Crippen LogP contribution in [0, 0.1) is 5.92 Å². The first-order valence-corrected chi connectivity index (χ1v) is 9.33. The third-order valence-electron chi connectivity index (χ3n) is 3.89. The molecule has 2 rings (SSSR count). The van der Waals surface area contributed by atoms with Crippen LogP contribution < -0.4 is 14.8 Å². The molecule has 1 heterocycles. The van der Waals surface area contributed by atoms with Crippen LogP contribution in [-0.4, -0.2) is 26.5 Å². The minimum Gasteiger partial charge on any atom is -0.496 e. The Bertz CT molecular complexity index is 496. The maximum absolute atomic E-state index is 5.71. The number of methoxy groups -OCH3 is 2. The Kier molecular flexibility index (Phi) is 6.26. The molecule has 5 heteroatoms. The third-order valence-corrected chi connectivity index (χ3v) is 5.73. The van der Waals surface area contributed by atoms with Gasteiger partial charge in [0.15, 0.2) is 0 Å². The number of rotatable bonds is 5. The minimum atomic E-state index is 0.302. The van der Waals surface area contributed by atoms with Gasteiger partial charge in [0.05, 0.1) is 18.7 Å². The summed E-state index contributed by atoms with van der Waals surface area (Å²) >= 11 is 5.60. The fraction of sp³-hybridized carbons (Fsp3) is 0.625. The molecule has 118 valence electrons. The molecule has 0 fully saturated rings. The van der Waals surface area contributed by atoms with E-state index in [9.17, 15) is 0 Å². The molecule has 0 aromatic heterocycles. The van der Waals surface area contributed by atoms with E-state index in [1.54, 1.807) is 14.2 Å². The van der Waals surface area contributed by atoms with Gasteiger partial charge in [-0.05, 0) is 46.6 Å². The van der Waals surface area contributed by atoms with E-state index in [0.717, 1.165) is 40.4 Å². The number of ether oxygens (including phenoxy) is 2. The average molecular weight is 374 g/mol. The highest BCUT2D eigenvalue weighted by atomic mass is 79.9. The van der Waals surface area contributed by atoms with Crippen molar-refractivity contribution >= 4 is 27.7 Å². The number of thioether (sulfide) groups is 1. The monoisotopic (exact) mass is 373 g/mol. The molecule has 1 aliphatic heterocycles. The largest absolute Gasteiger partial charge is 0.496 e. The van der Waals surface area contributed by atoms with E-state index in [1.165, 1.54) is 11.1 Å². The van der Waals surface area contributed by atoms with Crippen molar-refractivity contribution in [1.29, 1.82) is 0 Å². The van der Waals surface area contributed by atoms with Gasteiger partial charge < -0.3 is 14.8 Å². The second-order valence-electron chi connectivity index (χ2n) is 5.41. The highest BCUT2D eigenvalue weighted by Crippen LogP contribution is 2.46. The predicted octanol–water partition coefficient (Wildman–Crippen LogP) is 4.39. The lowest BCUT2D eigenvalue weighted by Crippen LogP contribution is -2.29. The summed E-state index contributed by atoms with van der Waals surface area (Å²) in [6.45, 7) is 5.52. The fourth-order valence-electron chi connectivity index (χ4n) is 2.86. The molecule has 0 bridgehead atoms. The molecule has 1 aromatic rings. The first-order chi connectivity index (χ1) is 10.1. The zero-order chi connectivity index (χ0) is 15.4. The van der Waals surface area contributed by atoms with Crippen molar-refractivity contribution in [3.63, 3.8) is 0 Å². The van der Waals surface area contributed by atoms with E-state index in [2.05, 4.69) is 35.1 Å². The van der Waals surface area contributed by atoms with Crippen LogP contribution in [0.25, 0.3) is 0 Å². The summed E-state index contributed by atoms with van der Waals surface area (Å²) in [4.78, 5) is 0. The molecule has 3 nitrogen and oxygen atoms in total. The number of halogens is 1. The van der Waals surface area contributed by atoms with Crippen molar-refractivity contribution < 1.29 is 9.47 Å². The van der Waals surface area contributed by atoms with Gasteiger partial charge in [-0.1, -0.05) is 13.8 Å². The van der Waals surface area contributed by atoms with Crippen LogP contribution in [0.3, 0.4) is 0 Å². The Labute approximate surface area is 140 Å². The molecule has 2 unspecified atom stereocenters. The van der Waals surface area contributed by atoms with E-state index in [0.29, 0.717) is 12.0 Å². The van der Waals surface area contributed by atoms with Crippen LogP contribution in [0.4, 0.5) is 0 Å². The second-order valence-corrected chi connectivity index (χ2v) is 7.29. The minimum absolute atomic E-state index is 0.302. The van der Waals surface area contributed by atoms with Gasteiger partial charge in [0.1, 0.15) is 11.5 Å². The molecule has 1 aromatic carbocycles. The van der Waals surface area contributed by atoms with Gasteiger partial charge in [-0.15, -0.1) is 0 Å². The van der Waals surface area contributed by atoms with E-state index in [4.69, 9.17) is 9.47 Å². The summed E-state index contributed by atoms with van der Waals surface area (Å²) in [5.74, 6) is 4.54. The number of fused-ring (bicyclic) bond motifs is 1. The molecule has 1 aliphatic rings. The number of hydrogen-bond donors (Lipinski definition) is 1. The summed E-state index contributed by atoms with van der Waals surface area (Å²) in [6.07, 6.45) is 1.12. The van der Waals surface area contributed by atoms with Crippen molar-refractivity contribution in [2.24, 2.45) is 5.92 Å². The Balaban J connectivity index is 2.59. The SMILES string of the molecule is CCCNC1c2c(c(OC)cc(Br)c2OC)CSCC1C. The van der Waals surface area contributed by atoms with Gasteiger partial charge in [-0.2, -0.15) is 11.8 Å². The van der Waals surface area contributed by atoms with Gasteiger partial charge in [0.25, 0.3) is 0 Å². The van der Waals surface area contributed by atoms with Crippen molar-refractivity contribution in [3.8, 4) is 11.5 Å².